The number of rotatable bonds is 3. The molecular formula is C15H18BrN3O. The molecule has 0 unspecified atom stereocenters. The molecule has 1 saturated carbocycles. The molecule has 20 heavy (non-hydrogen) atoms. The molecular weight excluding hydrogens is 318 g/mol. The summed E-state index contributed by atoms with van der Waals surface area (Å²) in [5.74, 6) is 1.31. The average Bonchev–Trinajstić information content (AvgIpc) is 2.92. The van der Waals surface area contributed by atoms with E-state index in [-0.39, 0.29) is 5.54 Å². The normalized spacial score (nSPS) is 18.1. The van der Waals surface area contributed by atoms with Gasteiger partial charge in [0.2, 0.25) is 5.89 Å². The van der Waals surface area contributed by atoms with E-state index >= 15 is 0 Å². The van der Waals surface area contributed by atoms with E-state index in [1.54, 1.807) is 0 Å². The molecule has 5 heteroatoms. The van der Waals surface area contributed by atoms with Crippen LogP contribution in [0, 0.1) is 0 Å². The van der Waals surface area contributed by atoms with Gasteiger partial charge in [0.1, 0.15) is 0 Å². The molecule has 0 saturated heterocycles. The van der Waals surface area contributed by atoms with E-state index in [1.165, 1.54) is 6.42 Å². The maximum Gasteiger partial charge on any atom is 0.231 e. The summed E-state index contributed by atoms with van der Waals surface area (Å²) in [6.07, 6.45) is 6.09. The molecule has 0 bridgehead atoms. The maximum atomic E-state index is 6.42. The Hall–Kier alpha value is -1.20. The summed E-state index contributed by atoms with van der Waals surface area (Å²) in [6, 6.07) is 8.12. The number of hydrogen-bond acceptors (Lipinski definition) is 4. The summed E-state index contributed by atoms with van der Waals surface area (Å²) in [5, 5.41) is 4.10. The first kappa shape index (κ1) is 13.8. The number of hydrogen-bond donors (Lipinski definition) is 1. The lowest BCUT2D eigenvalue weighted by Gasteiger charge is -2.29. The van der Waals surface area contributed by atoms with Crippen molar-refractivity contribution >= 4 is 15.9 Å². The van der Waals surface area contributed by atoms with Crippen LogP contribution in [0.4, 0.5) is 0 Å². The average molecular weight is 336 g/mol. The van der Waals surface area contributed by atoms with Gasteiger partial charge in [-0.2, -0.15) is 4.98 Å². The summed E-state index contributed by atoms with van der Waals surface area (Å²) < 4.78 is 6.43. The van der Waals surface area contributed by atoms with E-state index < -0.39 is 0 Å². The summed E-state index contributed by atoms with van der Waals surface area (Å²) in [4.78, 5) is 4.51. The van der Waals surface area contributed by atoms with Crippen LogP contribution in [-0.4, -0.2) is 10.1 Å². The van der Waals surface area contributed by atoms with Crippen LogP contribution >= 0.6 is 15.9 Å². The second kappa shape index (κ2) is 5.66. The monoisotopic (exact) mass is 335 g/mol. The minimum Gasteiger partial charge on any atom is -0.339 e. The molecule has 0 aliphatic heterocycles. The van der Waals surface area contributed by atoms with Crippen molar-refractivity contribution in [2.24, 2.45) is 5.73 Å². The summed E-state index contributed by atoms with van der Waals surface area (Å²) in [6.45, 7) is 0. The van der Waals surface area contributed by atoms with Crippen LogP contribution < -0.4 is 5.73 Å². The largest absolute Gasteiger partial charge is 0.339 e. The van der Waals surface area contributed by atoms with Crippen molar-refractivity contribution in [1.82, 2.24) is 10.1 Å². The van der Waals surface area contributed by atoms with Gasteiger partial charge in [-0.3, -0.25) is 0 Å². The Morgan fingerprint density at radius 1 is 1.15 bits per heavy atom. The molecule has 0 atom stereocenters. The summed E-state index contributed by atoms with van der Waals surface area (Å²) in [5.41, 5.74) is 7.18. The first-order chi connectivity index (χ1) is 9.66. The van der Waals surface area contributed by atoms with E-state index in [4.69, 9.17) is 10.3 Å². The van der Waals surface area contributed by atoms with Gasteiger partial charge in [-0.15, -0.1) is 0 Å². The molecule has 2 N–H and O–H groups in total. The highest BCUT2D eigenvalue weighted by atomic mass is 79.9. The number of benzene rings is 1. The second-order valence-electron chi connectivity index (χ2n) is 5.53. The molecule has 2 aromatic rings. The Balaban J connectivity index is 1.74. The highest BCUT2D eigenvalue weighted by molar-refractivity contribution is 9.10. The standard InChI is InChI=1S/C15H18BrN3O/c16-12-6-4-11(5-7-12)10-13-18-14(19-20-13)15(17)8-2-1-3-9-15/h4-7H,1-3,8-10,17H2. The zero-order chi connectivity index (χ0) is 14.0. The molecule has 0 radical (unpaired) electrons. The van der Waals surface area contributed by atoms with E-state index in [2.05, 4.69) is 26.1 Å². The Kier molecular flexibility index (Phi) is 3.89. The van der Waals surface area contributed by atoms with Gasteiger partial charge in [-0.1, -0.05) is 52.5 Å². The zero-order valence-corrected chi connectivity index (χ0v) is 12.9. The highest BCUT2D eigenvalue weighted by Crippen LogP contribution is 2.33. The Morgan fingerprint density at radius 3 is 2.55 bits per heavy atom. The first-order valence-corrected chi connectivity index (χ1v) is 7.81. The number of nitrogens with zero attached hydrogens (tertiary/aromatic N) is 2. The molecule has 0 spiro atoms. The van der Waals surface area contributed by atoms with Crippen molar-refractivity contribution in [1.29, 1.82) is 0 Å². The highest BCUT2D eigenvalue weighted by Gasteiger charge is 2.34. The Morgan fingerprint density at radius 2 is 1.85 bits per heavy atom. The van der Waals surface area contributed by atoms with Gasteiger partial charge in [0.05, 0.1) is 12.0 Å². The van der Waals surface area contributed by atoms with Gasteiger partial charge in [0, 0.05) is 4.47 Å². The van der Waals surface area contributed by atoms with E-state index in [0.717, 1.165) is 35.7 Å². The van der Waals surface area contributed by atoms with Crippen molar-refractivity contribution in [3.63, 3.8) is 0 Å². The van der Waals surface area contributed by atoms with Crippen molar-refractivity contribution in [2.45, 2.75) is 44.1 Å². The molecule has 1 aliphatic carbocycles. The summed E-state index contributed by atoms with van der Waals surface area (Å²) in [7, 11) is 0. The maximum absolute atomic E-state index is 6.42. The van der Waals surface area contributed by atoms with E-state index in [0.29, 0.717) is 18.1 Å². The van der Waals surface area contributed by atoms with Crippen LogP contribution in [-0.2, 0) is 12.0 Å². The SMILES string of the molecule is NC1(c2noc(Cc3ccc(Br)cc3)n2)CCCCC1. The fourth-order valence-corrected chi connectivity index (χ4v) is 2.98. The zero-order valence-electron chi connectivity index (χ0n) is 11.3. The topological polar surface area (TPSA) is 64.9 Å². The lowest BCUT2D eigenvalue weighted by molar-refractivity contribution is 0.273. The fourth-order valence-electron chi connectivity index (χ4n) is 2.71. The second-order valence-corrected chi connectivity index (χ2v) is 6.45. The molecule has 4 nitrogen and oxygen atoms in total. The van der Waals surface area contributed by atoms with E-state index in [9.17, 15) is 0 Å². The fraction of sp³-hybridized carbons (Fsp3) is 0.467. The Labute approximate surface area is 126 Å². The Bertz CT molecular complexity index is 573. The molecule has 1 aliphatic rings. The molecule has 1 heterocycles. The van der Waals surface area contributed by atoms with Gasteiger partial charge in [-0.05, 0) is 30.5 Å². The molecule has 3 rings (SSSR count). The van der Waals surface area contributed by atoms with Crippen molar-refractivity contribution in [3.8, 4) is 0 Å². The van der Waals surface area contributed by atoms with Gasteiger partial charge in [-0.25, -0.2) is 0 Å². The van der Waals surface area contributed by atoms with Crippen LogP contribution in [0.2, 0.25) is 0 Å². The molecule has 106 valence electrons. The third kappa shape index (κ3) is 2.94. The van der Waals surface area contributed by atoms with Gasteiger partial charge >= 0.3 is 0 Å². The molecule has 1 aromatic heterocycles. The predicted octanol–water partition coefficient (Wildman–Crippen LogP) is 3.54. The third-order valence-corrected chi connectivity index (χ3v) is 4.46. The molecule has 1 fully saturated rings. The first-order valence-electron chi connectivity index (χ1n) is 7.02. The van der Waals surface area contributed by atoms with Crippen molar-refractivity contribution < 1.29 is 4.52 Å². The van der Waals surface area contributed by atoms with E-state index in [1.807, 2.05) is 24.3 Å². The minimum atomic E-state index is -0.389. The number of halogens is 1. The lowest BCUT2D eigenvalue weighted by atomic mass is 9.82. The van der Waals surface area contributed by atoms with Gasteiger partial charge < -0.3 is 10.3 Å². The van der Waals surface area contributed by atoms with Crippen LogP contribution in [0.3, 0.4) is 0 Å². The van der Waals surface area contributed by atoms with Gasteiger partial charge in [0.25, 0.3) is 0 Å². The van der Waals surface area contributed by atoms with Gasteiger partial charge in [0.15, 0.2) is 5.82 Å². The van der Waals surface area contributed by atoms with Crippen molar-refractivity contribution in [3.05, 3.63) is 46.0 Å². The number of aromatic nitrogens is 2. The summed E-state index contributed by atoms with van der Waals surface area (Å²) >= 11 is 3.43. The minimum absolute atomic E-state index is 0.389. The van der Waals surface area contributed by atoms with Crippen LogP contribution in [0.1, 0.15) is 49.4 Å². The quantitative estimate of drug-likeness (QED) is 0.931. The molecule has 1 aromatic carbocycles. The van der Waals surface area contributed by atoms with Crippen LogP contribution in [0.5, 0.6) is 0 Å². The van der Waals surface area contributed by atoms with Crippen LogP contribution in [0.15, 0.2) is 33.3 Å². The lowest BCUT2D eigenvalue weighted by Crippen LogP contribution is -2.39. The number of nitrogens with two attached hydrogens (primary N) is 1. The molecule has 0 amide bonds. The van der Waals surface area contributed by atoms with Crippen LogP contribution in [0.25, 0.3) is 0 Å². The third-order valence-electron chi connectivity index (χ3n) is 3.93. The predicted molar refractivity (Wildman–Crippen MR) is 80.2 cm³/mol. The van der Waals surface area contributed by atoms with Crippen molar-refractivity contribution in [2.75, 3.05) is 0 Å². The smallest absolute Gasteiger partial charge is 0.231 e.